The van der Waals surface area contributed by atoms with Crippen molar-refractivity contribution in [2.45, 2.75) is 136 Å². The molecule has 0 unspecified atom stereocenters. The molecule has 0 saturated carbocycles. The van der Waals surface area contributed by atoms with Gasteiger partial charge in [-0.05, 0) is 118 Å². The zero-order valence-electron chi connectivity index (χ0n) is 43.5. The molecule has 2 fully saturated rings. The number of benzene rings is 3. The van der Waals surface area contributed by atoms with Gasteiger partial charge in [-0.1, -0.05) is 51.5 Å². The van der Waals surface area contributed by atoms with Gasteiger partial charge in [0.1, 0.15) is 23.4 Å². The Morgan fingerprint density at radius 2 is 1.49 bits per heavy atom. The summed E-state index contributed by atoms with van der Waals surface area (Å²) in [5.41, 5.74) is 0.868. The number of unbranched alkanes of at least 4 members (excludes halogenated alkanes) is 4. The molecule has 0 bridgehead atoms. The Labute approximate surface area is 440 Å². The third-order valence-corrected chi connectivity index (χ3v) is 14.1. The minimum absolute atomic E-state index is 0.00444. The van der Waals surface area contributed by atoms with Crippen LogP contribution in [0.4, 0.5) is 29.3 Å². The van der Waals surface area contributed by atoms with E-state index in [-0.39, 0.29) is 43.4 Å². The molecule has 404 valence electrons. The van der Waals surface area contributed by atoms with E-state index in [0.29, 0.717) is 61.9 Å². The lowest BCUT2D eigenvalue weighted by molar-refractivity contribution is -0.144. The predicted octanol–water partition coefficient (Wildman–Crippen LogP) is 9.10. The van der Waals surface area contributed by atoms with Crippen LogP contribution >= 0.6 is 11.3 Å². The first-order valence-corrected chi connectivity index (χ1v) is 26.2. The van der Waals surface area contributed by atoms with Crippen molar-refractivity contribution in [2.75, 3.05) is 49.4 Å². The molecule has 2 aliphatic rings. The second-order valence-electron chi connectivity index (χ2n) is 20.4. The number of likely N-dealkylation sites (tertiary alicyclic amines) is 1. The second kappa shape index (κ2) is 25.9. The van der Waals surface area contributed by atoms with E-state index in [9.17, 15) is 42.3 Å². The fraction of sp³-hybridized carbons (Fsp3) is 0.509. The van der Waals surface area contributed by atoms with Crippen molar-refractivity contribution in [3.63, 3.8) is 0 Å². The maximum absolute atomic E-state index is 14.0. The number of halogens is 3. The summed E-state index contributed by atoms with van der Waals surface area (Å²) in [5.74, 6) is -1.18. The number of aliphatic hydroxyl groups is 1. The van der Waals surface area contributed by atoms with Gasteiger partial charge in [-0.25, -0.2) is 14.7 Å². The Kier molecular flexibility index (Phi) is 20.0. The number of urea groups is 1. The molecule has 3 N–H and O–H groups in total. The lowest BCUT2D eigenvalue weighted by Gasteiger charge is -2.35. The van der Waals surface area contributed by atoms with Gasteiger partial charge in [0.2, 0.25) is 17.7 Å². The molecular formula is C55H68F3N7O9S. The second-order valence-corrected chi connectivity index (χ2v) is 21.2. The van der Waals surface area contributed by atoms with E-state index in [0.717, 1.165) is 72.4 Å². The number of ether oxygens (including phenoxy) is 3. The SMILES string of the molecule is Cc1ncsc1-c1ccc(CNC(=O)[C@@H]2C[C@@H](O)CN2C(=O)[C@@H](NC(=O)CCCCCOCCCCOCCCCOc2ccc(N3C(=O)N(c4ccc(C#N)c(C(F)(F)F)c4)C(=O)C3(C)C)cc2)C(C)(C)C)cc1. The van der Waals surface area contributed by atoms with E-state index in [1.54, 1.807) is 35.6 Å². The van der Waals surface area contributed by atoms with Crippen molar-refractivity contribution in [1.82, 2.24) is 20.5 Å². The highest BCUT2D eigenvalue weighted by molar-refractivity contribution is 7.13. The van der Waals surface area contributed by atoms with Crippen LogP contribution < -0.4 is 25.2 Å². The third-order valence-electron chi connectivity index (χ3n) is 13.1. The molecule has 16 nitrogen and oxygen atoms in total. The van der Waals surface area contributed by atoms with E-state index in [1.165, 1.54) is 29.7 Å². The quantitative estimate of drug-likeness (QED) is 0.0422. The monoisotopic (exact) mass is 1060 g/mol. The molecule has 75 heavy (non-hydrogen) atoms. The van der Waals surface area contributed by atoms with Crippen LogP contribution in [0.3, 0.4) is 0 Å². The molecule has 20 heteroatoms. The molecule has 6 amide bonds. The van der Waals surface area contributed by atoms with E-state index < -0.39 is 64.3 Å². The number of aromatic nitrogens is 1. The third kappa shape index (κ3) is 15.1. The van der Waals surface area contributed by atoms with Gasteiger partial charge in [-0.15, -0.1) is 11.3 Å². The van der Waals surface area contributed by atoms with Crippen molar-refractivity contribution in [2.24, 2.45) is 5.41 Å². The fourth-order valence-electron chi connectivity index (χ4n) is 8.94. The van der Waals surface area contributed by atoms with E-state index in [4.69, 9.17) is 19.5 Å². The topological polar surface area (TPSA) is 204 Å². The van der Waals surface area contributed by atoms with Crippen LogP contribution in [-0.2, 0) is 41.4 Å². The number of aliphatic hydroxyl groups excluding tert-OH is 1. The Balaban J connectivity index is 0.796. The lowest BCUT2D eigenvalue weighted by Crippen LogP contribution is -2.57. The Bertz CT molecular complexity index is 2650. The highest BCUT2D eigenvalue weighted by Crippen LogP contribution is 2.40. The number of carbonyl (C=O) groups is 5. The van der Waals surface area contributed by atoms with Crippen LogP contribution in [0.5, 0.6) is 5.75 Å². The van der Waals surface area contributed by atoms with Gasteiger partial charge in [0.25, 0.3) is 5.91 Å². The fourth-order valence-corrected chi connectivity index (χ4v) is 9.75. The summed E-state index contributed by atoms with van der Waals surface area (Å²) in [6.45, 7) is 13.6. The van der Waals surface area contributed by atoms with Gasteiger partial charge in [-0.3, -0.25) is 24.1 Å². The first-order chi connectivity index (χ1) is 35.6. The maximum atomic E-state index is 14.0. The van der Waals surface area contributed by atoms with Gasteiger partial charge < -0.3 is 34.9 Å². The standard InChI is InChI=1S/C55H68F3N7O9S/c1-36-47(75-35-61-36)38-17-15-37(16-18-38)33-60-49(68)45-31-42(66)34-63(45)50(69)48(53(2,3)4)62-46(67)14-8-7-9-25-72-26-10-11-27-73-28-12-13-29-74-43-23-21-40(22-24-43)65-52(71)64(51(70)54(65,5)6)41-20-19-39(32-59)44(30-41)55(56,57)58/h15-24,30,35,42,45,48,66H,7-14,25-29,31,33-34H2,1-6H3,(H,60,68)(H,62,67)/t42-,45+,48-/m1/s1. The number of amides is 6. The molecule has 4 aromatic rings. The van der Waals surface area contributed by atoms with Crippen LogP contribution in [0.15, 0.2) is 72.2 Å². The molecule has 2 saturated heterocycles. The zero-order chi connectivity index (χ0) is 54.5. The number of thiazole rings is 1. The Morgan fingerprint density at radius 3 is 2.08 bits per heavy atom. The Morgan fingerprint density at radius 1 is 0.880 bits per heavy atom. The molecule has 3 atom stereocenters. The number of nitrogens with zero attached hydrogens (tertiary/aromatic N) is 5. The van der Waals surface area contributed by atoms with Crippen LogP contribution in [-0.4, -0.2) is 108 Å². The molecule has 6 rings (SSSR count). The van der Waals surface area contributed by atoms with Crippen molar-refractivity contribution in [3.05, 3.63) is 94.6 Å². The summed E-state index contributed by atoms with van der Waals surface area (Å²) in [7, 11) is 0. The highest BCUT2D eigenvalue weighted by Gasteiger charge is 2.53. The minimum atomic E-state index is -4.86. The van der Waals surface area contributed by atoms with Crippen LogP contribution in [0.25, 0.3) is 10.4 Å². The number of anilines is 2. The number of hydrogen-bond donors (Lipinski definition) is 3. The van der Waals surface area contributed by atoms with Gasteiger partial charge in [0.05, 0.1) is 51.7 Å². The first kappa shape index (κ1) is 57.9. The van der Waals surface area contributed by atoms with Crippen molar-refractivity contribution in [1.29, 1.82) is 5.26 Å². The van der Waals surface area contributed by atoms with E-state index in [1.807, 2.05) is 57.5 Å². The maximum Gasteiger partial charge on any atom is 0.417 e. The van der Waals surface area contributed by atoms with Crippen LogP contribution in [0.1, 0.15) is 115 Å². The van der Waals surface area contributed by atoms with Gasteiger partial charge in [0.15, 0.2) is 0 Å². The minimum Gasteiger partial charge on any atom is -0.494 e. The summed E-state index contributed by atoms with van der Waals surface area (Å²) in [5, 5.41) is 25.6. The van der Waals surface area contributed by atoms with Gasteiger partial charge in [0, 0.05) is 58.0 Å². The van der Waals surface area contributed by atoms with Gasteiger partial charge >= 0.3 is 12.2 Å². The number of alkyl halides is 3. The average Bonchev–Trinajstić information content (AvgIpc) is 4.03. The van der Waals surface area contributed by atoms with Crippen LogP contribution in [0, 0.1) is 23.7 Å². The van der Waals surface area contributed by atoms with Gasteiger partial charge in [-0.2, -0.15) is 18.4 Å². The average molecular weight is 1060 g/mol. The number of β-amino-alcohol motifs (C(OH)–C–C–N with tert-alkyl or cyclic N) is 1. The molecule has 2 aliphatic heterocycles. The zero-order valence-corrected chi connectivity index (χ0v) is 44.3. The largest absolute Gasteiger partial charge is 0.494 e. The van der Waals surface area contributed by atoms with Crippen molar-refractivity contribution < 1.29 is 56.5 Å². The summed E-state index contributed by atoms with van der Waals surface area (Å²) < 4.78 is 58.4. The first-order valence-electron chi connectivity index (χ1n) is 25.3. The van der Waals surface area contributed by atoms with E-state index in [2.05, 4.69) is 15.6 Å². The molecule has 0 aliphatic carbocycles. The number of rotatable bonds is 25. The summed E-state index contributed by atoms with van der Waals surface area (Å²) >= 11 is 1.57. The predicted molar refractivity (Wildman–Crippen MR) is 278 cm³/mol. The molecule has 3 aromatic carbocycles. The summed E-state index contributed by atoms with van der Waals surface area (Å²) in [4.78, 5) is 76.2. The summed E-state index contributed by atoms with van der Waals surface area (Å²) in [6, 6.07) is 16.0. The molecule has 3 heterocycles. The number of hydrogen-bond acceptors (Lipinski definition) is 12. The lowest BCUT2D eigenvalue weighted by atomic mass is 9.85. The smallest absolute Gasteiger partial charge is 0.417 e. The number of aryl methyl sites for hydroxylation is 1. The van der Waals surface area contributed by atoms with E-state index >= 15 is 0 Å². The van der Waals surface area contributed by atoms with Crippen molar-refractivity contribution >= 4 is 52.4 Å². The molecule has 0 spiro atoms. The molecular weight excluding hydrogens is 992 g/mol. The summed E-state index contributed by atoms with van der Waals surface area (Å²) in [6.07, 6.45) is -0.0215. The van der Waals surface area contributed by atoms with Crippen molar-refractivity contribution in [3.8, 4) is 22.3 Å². The number of nitrogens with one attached hydrogen (secondary N) is 2. The Hall–Kier alpha value is -6.40. The normalized spacial score (nSPS) is 17.1. The number of nitriles is 1. The molecule has 0 radical (unpaired) electrons. The number of carbonyl (C=O) groups excluding carboxylic acids is 5. The number of imide groups is 1. The van der Waals surface area contributed by atoms with Crippen LogP contribution in [0.2, 0.25) is 0 Å². The molecule has 1 aromatic heterocycles. The highest BCUT2D eigenvalue weighted by atomic mass is 32.1.